The summed E-state index contributed by atoms with van der Waals surface area (Å²) in [7, 11) is 0. The number of thiazole rings is 1. The van der Waals surface area contributed by atoms with Gasteiger partial charge in [0.05, 0.1) is 11.3 Å². The van der Waals surface area contributed by atoms with Crippen molar-refractivity contribution < 1.29 is 9.53 Å². The average molecular weight is 396 g/mol. The molecule has 0 N–H and O–H groups in total. The van der Waals surface area contributed by atoms with E-state index in [9.17, 15) is 10.1 Å². The highest BCUT2D eigenvalue weighted by molar-refractivity contribution is 7.11. The van der Waals surface area contributed by atoms with Gasteiger partial charge < -0.3 is 4.74 Å². The van der Waals surface area contributed by atoms with Gasteiger partial charge >= 0.3 is 5.97 Å². The number of esters is 1. The summed E-state index contributed by atoms with van der Waals surface area (Å²) in [6.45, 7) is 1.36. The van der Waals surface area contributed by atoms with Crippen LogP contribution < -0.4 is 4.74 Å². The number of benzene rings is 3. The van der Waals surface area contributed by atoms with Crippen molar-refractivity contribution >= 4 is 39.7 Å². The largest absolute Gasteiger partial charge is 0.427 e. The summed E-state index contributed by atoms with van der Waals surface area (Å²) in [4.78, 5) is 15.7. The SMILES string of the molecule is CC(=O)Oc1ccc(C=C(C#N)c2nc(-c3cccc4ccccc34)cs2)cc1. The molecule has 0 aliphatic heterocycles. The Balaban J connectivity index is 1.66. The number of aromatic nitrogens is 1. The predicted molar refractivity (Wildman–Crippen MR) is 116 cm³/mol. The molecule has 0 aliphatic rings. The van der Waals surface area contributed by atoms with Crippen molar-refractivity contribution in [1.29, 1.82) is 5.26 Å². The molecule has 0 fully saturated rings. The lowest BCUT2D eigenvalue weighted by Gasteiger charge is -2.03. The van der Waals surface area contributed by atoms with Crippen LogP contribution in [-0.4, -0.2) is 11.0 Å². The number of carbonyl (C=O) groups is 1. The zero-order valence-corrected chi connectivity index (χ0v) is 16.4. The van der Waals surface area contributed by atoms with Crippen LogP contribution in [0.3, 0.4) is 0 Å². The minimum Gasteiger partial charge on any atom is -0.427 e. The van der Waals surface area contributed by atoms with E-state index in [0.29, 0.717) is 16.3 Å². The summed E-state index contributed by atoms with van der Waals surface area (Å²) in [5.41, 5.74) is 3.22. The molecule has 140 valence electrons. The lowest BCUT2D eigenvalue weighted by Crippen LogP contribution is -2.00. The Bertz CT molecular complexity index is 1260. The van der Waals surface area contributed by atoms with E-state index in [4.69, 9.17) is 9.72 Å². The number of allylic oxidation sites excluding steroid dienone is 1. The second-order valence-corrected chi connectivity index (χ2v) is 7.26. The van der Waals surface area contributed by atoms with Crippen molar-refractivity contribution in [3.8, 4) is 23.1 Å². The molecule has 0 saturated carbocycles. The van der Waals surface area contributed by atoms with Gasteiger partial charge in [-0.15, -0.1) is 11.3 Å². The Morgan fingerprint density at radius 3 is 2.59 bits per heavy atom. The minimum atomic E-state index is -0.366. The number of nitriles is 1. The second-order valence-electron chi connectivity index (χ2n) is 6.40. The fourth-order valence-electron chi connectivity index (χ4n) is 3.08. The molecule has 0 unspecified atom stereocenters. The molecule has 0 saturated heterocycles. The van der Waals surface area contributed by atoms with Gasteiger partial charge in [0.2, 0.25) is 0 Å². The predicted octanol–water partition coefficient (Wildman–Crippen LogP) is 5.95. The van der Waals surface area contributed by atoms with Crippen molar-refractivity contribution in [3.05, 3.63) is 82.7 Å². The summed E-state index contributed by atoms with van der Waals surface area (Å²) in [5, 5.41) is 14.6. The number of rotatable bonds is 4. The molecule has 5 heteroatoms. The van der Waals surface area contributed by atoms with E-state index in [-0.39, 0.29) is 5.97 Å². The monoisotopic (exact) mass is 396 g/mol. The molecule has 3 aromatic carbocycles. The Morgan fingerprint density at radius 1 is 1.07 bits per heavy atom. The molecule has 0 aliphatic carbocycles. The maximum atomic E-state index is 11.0. The fraction of sp³-hybridized carbons (Fsp3) is 0.0417. The molecule has 0 radical (unpaired) electrons. The van der Waals surface area contributed by atoms with Gasteiger partial charge in [-0.1, -0.05) is 54.6 Å². The van der Waals surface area contributed by atoms with Crippen molar-refractivity contribution in [2.24, 2.45) is 0 Å². The highest BCUT2D eigenvalue weighted by Crippen LogP contribution is 2.32. The van der Waals surface area contributed by atoms with Gasteiger partial charge in [-0.2, -0.15) is 5.26 Å². The molecule has 29 heavy (non-hydrogen) atoms. The molecule has 1 aromatic heterocycles. The van der Waals surface area contributed by atoms with Crippen LogP contribution >= 0.6 is 11.3 Å². The molecule has 4 rings (SSSR count). The normalized spacial score (nSPS) is 11.2. The minimum absolute atomic E-state index is 0.366. The van der Waals surface area contributed by atoms with E-state index in [1.807, 2.05) is 29.6 Å². The van der Waals surface area contributed by atoms with E-state index < -0.39 is 0 Å². The standard InChI is InChI=1S/C24H16N2O2S/c1-16(27)28-20-11-9-17(10-12-20)13-19(14-25)24-26-23(15-29-24)22-8-4-6-18-5-2-3-7-21(18)22/h2-13,15H,1H3. The second kappa shape index (κ2) is 8.09. The summed E-state index contributed by atoms with van der Waals surface area (Å²) in [6, 6.07) is 23.6. The third kappa shape index (κ3) is 4.08. The van der Waals surface area contributed by atoms with Gasteiger partial charge in [-0.05, 0) is 34.5 Å². The number of carbonyl (C=O) groups excluding carboxylic acids is 1. The zero-order valence-electron chi connectivity index (χ0n) is 15.6. The van der Waals surface area contributed by atoms with Crippen molar-refractivity contribution in [2.75, 3.05) is 0 Å². The van der Waals surface area contributed by atoms with E-state index in [1.54, 1.807) is 30.3 Å². The highest BCUT2D eigenvalue weighted by atomic mass is 32.1. The van der Waals surface area contributed by atoms with E-state index in [2.05, 4.69) is 24.3 Å². The van der Waals surface area contributed by atoms with Gasteiger partial charge in [0.25, 0.3) is 0 Å². The van der Waals surface area contributed by atoms with Crippen molar-refractivity contribution in [2.45, 2.75) is 6.92 Å². The molecule has 4 aromatic rings. The topological polar surface area (TPSA) is 63.0 Å². The highest BCUT2D eigenvalue weighted by Gasteiger charge is 2.11. The fourth-order valence-corrected chi connectivity index (χ4v) is 3.86. The van der Waals surface area contributed by atoms with E-state index >= 15 is 0 Å². The van der Waals surface area contributed by atoms with Crippen molar-refractivity contribution in [1.82, 2.24) is 4.98 Å². The number of hydrogen-bond donors (Lipinski definition) is 0. The quantitative estimate of drug-likeness (QED) is 0.243. The molecular formula is C24H16N2O2S. The molecule has 1 heterocycles. The first-order valence-electron chi connectivity index (χ1n) is 8.98. The Morgan fingerprint density at radius 2 is 1.83 bits per heavy atom. The number of hydrogen-bond acceptors (Lipinski definition) is 5. The lowest BCUT2D eigenvalue weighted by molar-refractivity contribution is -0.131. The van der Waals surface area contributed by atoms with Gasteiger partial charge in [0, 0.05) is 17.9 Å². The van der Waals surface area contributed by atoms with Crippen LogP contribution in [-0.2, 0) is 4.79 Å². The first-order chi connectivity index (χ1) is 14.1. The Hall–Kier alpha value is -3.75. The van der Waals surface area contributed by atoms with E-state index in [0.717, 1.165) is 27.6 Å². The van der Waals surface area contributed by atoms with Crippen LogP contribution in [0, 0.1) is 11.3 Å². The average Bonchev–Trinajstić information content (AvgIpc) is 3.22. The van der Waals surface area contributed by atoms with Crippen LogP contribution in [0.5, 0.6) is 5.75 Å². The first-order valence-corrected chi connectivity index (χ1v) is 9.86. The molecule has 0 amide bonds. The zero-order chi connectivity index (χ0) is 20.2. The summed E-state index contributed by atoms with van der Waals surface area (Å²) >= 11 is 1.45. The maximum absolute atomic E-state index is 11.0. The third-order valence-corrected chi connectivity index (χ3v) is 5.25. The molecule has 0 spiro atoms. The van der Waals surface area contributed by atoms with Crippen molar-refractivity contribution in [3.63, 3.8) is 0 Å². The molecule has 0 atom stereocenters. The van der Waals surface area contributed by atoms with Crippen LogP contribution in [0.4, 0.5) is 0 Å². The lowest BCUT2D eigenvalue weighted by atomic mass is 10.0. The molecular weight excluding hydrogens is 380 g/mol. The molecule has 0 bridgehead atoms. The summed E-state index contributed by atoms with van der Waals surface area (Å²) in [5.74, 6) is 0.107. The van der Waals surface area contributed by atoms with Gasteiger partial charge in [-0.25, -0.2) is 4.98 Å². The number of ether oxygens (including phenoxy) is 1. The van der Waals surface area contributed by atoms with Crippen LogP contribution in [0.25, 0.3) is 33.7 Å². The smallest absolute Gasteiger partial charge is 0.308 e. The number of fused-ring (bicyclic) bond motifs is 1. The van der Waals surface area contributed by atoms with Gasteiger partial charge in [0.15, 0.2) is 0 Å². The number of nitrogens with zero attached hydrogens (tertiary/aromatic N) is 2. The van der Waals surface area contributed by atoms with Crippen LogP contribution in [0.2, 0.25) is 0 Å². The molecule has 4 nitrogen and oxygen atoms in total. The Kier molecular flexibility index (Phi) is 5.19. The summed E-state index contributed by atoms with van der Waals surface area (Å²) in [6.07, 6.45) is 1.78. The van der Waals surface area contributed by atoms with Crippen LogP contribution in [0.1, 0.15) is 17.5 Å². The van der Waals surface area contributed by atoms with Gasteiger partial charge in [0.1, 0.15) is 16.8 Å². The van der Waals surface area contributed by atoms with Crippen LogP contribution in [0.15, 0.2) is 72.1 Å². The Labute approximate surface area is 172 Å². The summed E-state index contributed by atoms with van der Waals surface area (Å²) < 4.78 is 5.04. The van der Waals surface area contributed by atoms with Gasteiger partial charge in [-0.3, -0.25) is 4.79 Å². The third-order valence-electron chi connectivity index (χ3n) is 4.37. The van der Waals surface area contributed by atoms with E-state index in [1.165, 1.54) is 18.3 Å². The first kappa shape index (κ1) is 18.6. The maximum Gasteiger partial charge on any atom is 0.308 e.